The van der Waals surface area contributed by atoms with Crippen LogP contribution in [0.25, 0.3) is 10.2 Å². The van der Waals surface area contributed by atoms with E-state index in [0.29, 0.717) is 13.1 Å². The number of anilines is 1. The first-order chi connectivity index (χ1) is 14.9. The van der Waals surface area contributed by atoms with Crippen LogP contribution in [-0.2, 0) is 14.6 Å². The van der Waals surface area contributed by atoms with E-state index in [0.717, 1.165) is 41.5 Å². The molecular formula is C21H23FN4O3S2. The number of sulfone groups is 1. The van der Waals surface area contributed by atoms with Crippen LogP contribution in [0.5, 0.6) is 0 Å². The Morgan fingerprint density at radius 3 is 2.58 bits per heavy atom. The first-order valence-electron chi connectivity index (χ1n) is 9.99. The number of carbonyl (C=O) groups is 1. The minimum atomic E-state index is -3.63. The first kappa shape index (κ1) is 21.7. The molecule has 2 heterocycles. The van der Waals surface area contributed by atoms with E-state index >= 15 is 0 Å². The van der Waals surface area contributed by atoms with Gasteiger partial charge in [-0.25, -0.2) is 17.8 Å². The lowest BCUT2D eigenvalue weighted by atomic mass is 10.3. The highest BCUT2D eigenvalue weighted by molar-refractivity contribution is 7.92. The smallest absolute Gasteiger partial charge is 0.235 e. The fourth-order valence-corrected chi connectivity index (χ4v) is 5.70. The highest BCUT2D eigenvalue weighted by Crippen LogP contribution is 2.29. The molecule has 1 N–H and O–H groups in total. The standard InChI is InChI=1S/C21H23FN4O3S2/c22-16-6-7-18-19(14-16)30-21(24-18)26-12-10-25(11-13-26)9-8-23-20(27)15-31(28,29)17-4-2-1-3-5-17/h1-7,14H,8-13,15H2,(H,23,27). The van der Waals surface area contributed by atoms with Gasteiger partial charge >= 0.3 is 0 Å². The molecule has 3 aromatic rings. The monoisotopic (exact) mass is 462 g/mol. The van der Waals surface area contributed by atoms with Gasteiger partial charge in [-0.3, -0.25) is 9.69 Å². The molecule has 0 aliphatic carbocycles. The van der Waals surface area contributed by atoms with E-state index in [1.807, 2.05) is 0 Å². The van der Waals surface area contributed by atoms with Crippen LogP contribution in [0.2, 0.25) is 0 Å². The summed E-state index contributed by atoms with van der Waals surface area (Å²) in [4.78, 5) is 21.2. The fraction of sp³-hybridized carbons (Fsp3) is 0.333. The Bertz CT molecular complexity index is 1160. The zero-order chi connectivity index (χ0) is 21.8. The molecule has 0 bridgehead atoms. The number of hydrogen-bond acceptors (Lipinski definition) is 7. The van der Waals surface area contributed by atoms with Crippen molar-refractivity contribution in [1.82, 2.24) is 15.2 Å². The van der Waals surface area contributed by atoms with Crippen molar-refractivity contribution in [3.8, 4) is 0 Å². The lowest BCUT2D eigenvalue weighted by Crippen LogP contribution is -2.48. The molecule has 0 radical (unpaired) electrons. The van der Waals surface area contributed by atoms with Crippen molar-refractivity contribution < 1.29 is 17.6 Å². The number of nitrogens with one attached hydrogen (secondary N) is 1. The quantitative estimate of drug-likeness (QED) is 0.579. The van der Waals surface area contributed by atoms with Gasteiger partial charge in [-0.2, -0.15) is 0 Å². The first-order valence-corrected chi connectivity index (χ1v) is 12.5. The zero-order valence-corrected chi connectivity index (χ0v) is 18.5. The Morgan fingerprint density at radius 2 is 1.84 bits per heavy atom. The Labute approximate surface area is 184 Å². The third kappa shape index (κ3) is 5.38. The average molecular weight is 463 g/mol. The number of amides is 1. The second kappa shape index (κ2) is 9.29. The van der Waals surface area contributed by atoms with Crippen LogP contribution < -0.4 is 10.2 Å². The number of fused-ring (bicyclic) bond motifs is 1. The molecule has 10 heteroatoms. The normalized spacial score (nSPS) is 15.3. The van der Waals surface area contributed by atoms with E-state index in [9.17, 15) is 17.6 Å². The molecule has 31 heavy (non-hydrogen) atoms. The molecule has 1 saturated heterocycles. The van der Waals surface area contributed by atoms with Crippen molar-refractivity contribution in [2.75, 3.05) is 49.9 Å². The van der Waals surface area contributed by atoms with E-state index < -0.39 is 21.5 Å². The van der Waals surface area contributed by atoms with Gasteiger partial charge in [-0.1, -0.05) is 29.5 Å². The van der Waals surface area contributed by atoms with E-state index in [2.05, 4.69) is 20.1 Å². The summed E-state index contributed by atoms with van der Waals surface area (Å²) in [6.07, 6.45) is 0. The number of aromatic nitrogens is 1. The summed E-state index contributed by atoms with van der Waals surface area (Å²) in [5.74, 6) is -1.31. The molecule has 0 atom stereocenters. The largest absolute Gasteiger partial charge is 0.354 e. The Hall–Kier alpha value is -2.56. The minimum Gasteiger partial charge on any atom is -0.354 e. The number of halogens is 1. The van der Waals surface area contributed by atoms with E-state index in [-0.39, 0.29) is 10.7 Å². The predicted octanol–water partition coefficient (Wildman–Crippen LogP) is 2.15. The Morgan fingerprint density at radius 1 is 1.10 bits per heavy atom. The van der Waals surface area contributed by atoms with E-state index in [4.69, 9.17) is 0 Å². The zero-order valence-electron chi connectivity index (χ0n) is 16.8. The van der Waals surface area contributed by atoms with Gasteiger partial charge in [-0.15, -0.1) is 0 Å². The maximum absolute atomic E-state index is 13.4. The molecule has 1 aromatic heterocycles. The number of hydrogen-bond donors (Lipinski definition) is 1. The fourth-order valence-electron chi connectivity index (χ4n) is 3.47. The summed E-state index contributed by atoms with van der Waals surface area (Å²) < 4.78 is 38.7. The number of nitrogens with zero attached hydrogens (tertiary/aromatic N) is 3. The average Bonchev–Trinajstić information content (AvgIpc) is 3.18. The van der Waals surface area contributed by atoms with Crippen LogP contribution >= 0.6 is 11.3 Å². The second-order valence-corrected chi connectivity index (χ2v) is 10.4. The maximum atomic E-state index is 13.4. The second-order valence-electron chi connectivity index (χ2n) is 7.36. The number of carbonyl (C=O) groups excluding carboxylic acids is 1. The van der Waals surface area contributed by atoms with E-state index in [1.165, 1.54) is 35.6 Å². The van der Waals surface area contributed by atoms with Crippen LogP contribution in [0.3, 0.4) is 0 Å². The number of benzene rings is 2. The molecular weight excluding hydrogens is 439 g/mol. The molecule has 1 fully saturated rings. The molecule has 0 spiro atoms. The minimum absolute atomic E-state index is 0.152. The Balaban J connectivity index is 1.22. The molecule has 164 valence electrons. The summed E-state index contributed by atoms with van der Waals surface area (Å²) in [6.45, 7) is 4.24. The van der Waals surface area contributed by atoms with Gasteiger partial charge in [0.2, 0.25) is 5.91 Å². The van der Waals surface area contributed by atoms with Gasteiger partial charge in [0.25, 0.3) is 0 Å². The number of rotatable bonds is 7. The van der Waals surface area contributed by atoms with Crippen molar-refractivity contribution in [3.05, 3.63) is 54.3 Å². The lowest BCUT2D eigenvalue weighted by molar-refractivity contribution is -0.118. The summed E-state index contributed by atoms with van der Waals surface area (Å²) in [5.41, 5.74) is 0.803. The van der Waals surface area contributed by atoms with Gasteiger partial charge in [0.1, 0.15) is 11.6 Å². The van der Waals surface area contributed by atoms with Crippen LogP contribution in [0.4, 0.5) is 9.52 Å². The number of piperazine rings is 1. The predicted molar refractivity (Wildman–Crippen MR) is 120 cm³/mol. The van der Waals surface area contributed by atoms with Crippen molar-refractivity contribution in [1.29, 1.82) is 0 Å². The molecule has 1 aliphatic heterocycles. The van der Waals surface area contributed by atoms with Gasteiger partial charge in [0.15, 0.2) is 15.0 Å². The Kier molecular flexibility index (Phi) is 6.49. The highest BCUT2D eigenvalue weighted by atomic mass is 32.2. The number of thiazole rings is 1. The molecule has 0 unspecified atom stereocenters. The maximum Gasteiger partial charge on any atom is 0.235 e. The summed E-state index contributed by atoms with van der Waals surface area (Å²) in [6, 6.07) is 12.6. The lowest BCUT2D eigenvalue weighted by Gasteiger charge is -2.34. The third-order valence-corrected chi connectivity index (χ3v) is 7.87. The molecule has 4 rings (SSSR count). The van der Waals surface area contributed by atoms with Gasteiger partial charge < -0.3 is 10.2 Å². The molecule has 2 aromatic carbocycles. The van der Waals surface area contributed by atoms with Crippen molar-refractivity contribution >= 4 is 42.4 Å². The van der Waals surface area contributed by atoms with Crippen LogP contribution in [0.1, 0.15) is 0 Å². The van der Waals surface area contributed by atoms with Crippen molar-refractivity contribution in [2.45, 2.75) is 4.90 Å². The van der Waals surface area contributed by atoms with Gasteiger partial charge in [0.05, 0.1) is 15.1 Å². The van der Waals surface area contributed by atoms with Crippen LogP contribution in [0.15, 0.2) is 53.4 Å². The molecule has 7 nitrogen and oxygen atoms in total. The van der Waals surface area contributed by atoms with Gasteiger partial charge in [0, 0.05) is 39.3 Å². The van der Waals surface area contributed by atoms with Crippen molar-refractivity contribution in [3.63, 3.8) is 0 Å². The molecule has 1 amide bonds. The summed E-state index contributed by atoms with van der Waals surface area (Å²) >= 11 is 1.49. The molecule has 0 saturated carbocycles. The summed E-state index contributed by atoms with van der Waals surface area (Å²) in [5, 5.41) is 3.59. The summed E-state index contributed by atoms with van der Waals surface area (Å²) in [7, 11) is -3.63. The highest BCUT2D eigenvalue weighted by Gasteiger charge is 2.21. The van der Waals surface area contributed by atoms with Gasteiger partial charge in [-0.05, 0) is 30.3 Å². The topological polar surface area (TPSA) is 82.6 Å². The van der Waals surface area contributed by atoms with Crippen LogP contribution in [-0.4, -0.2) is 69.2 Å². The van der Waals surface area contributed by atoms with Crippen LogP contribution in [0, 0.1) is 5.82 Å². The third-order valence-electron chi connectivity index (χ3n) is 5.16. The van der Waals surface area contributed by atoms with E-state index in [1.54, 1.807) is 24.3 Å². The SMILES string of the molecule is O=C(CS(=O)(=O)c1ccccc1)NCCN1CCN(c2nc3ccc(F)cc3s2)CC1. The van der Waals surface area contributed by atoms with Crippen molar-refractivity contribution in [2.24, 2.45) is 0 Å². The molecule has 1 aliphatic rings.